The molecule has 2 aliphatic heterocycles. The third-order valence-electron chi connectivity index (χ3n) is 5.97. The number of hydrazone groups is 1. The van der Waals surface area contributed by atoms with Crippen molar-refractivity contribution in [1.29, 1.82) is 0 Å². The van der Waals surface area contributed by atoms with Crippen molar-refractivity contribution in [3.05, 3.63) is 76.3 Å². The second kappa shape index (κ2) is 8.41. The molecule has 0 fully saturated rings. The van der Waals surface area contributed by atoms with Gasteiger partial charge in [-0.05, 0) is 36.4 Å². The Morgan fingerprint density at radius 3 is 2.42 bits per heavy atom. The lowest BCUT2D eigenvalue weighted by atomic mass is 9.95. The predicted molar refractivity (Wildman–Crippen MR) is 125 cm³/mol. The van der Waals surface area contributed by atoms with Gasteiger partial charge < -0.3 is 24.1 Å². The van der Waals surface area contributed by atoms with Crippen LogP contribution in [0, 0.1) is 0 Å². The molecule has 1 N–H and O–H groups in total. The fraction of sp³-hybridized carbons (Fsp3) is 0.240. The molecule has 33 heavy (non-hydrogen) atoms. The molecule has 2 atom stereocenters. The first-order valence-corrected chi connectivity index (χ1v) is 10.8. The first-order chi connectivity index (χ1) is 16.0. The molecule has 2 aliphatic rings. The van der Waals surface area contributed by atoms with E-state index >= 15 is 0 Å². The van der Waals surface area contributed by atoms with Crippen molar-refractivity contribution in [1.82, 2.24) is 5.01 Å². The monoisotopic (exact) mass is 466 g/mol. The number of hydrogen-bond acceptors (Lipinski definition) is 7. The lowest BCUT2D eigenvalue weighted by molar-refractivity contribution is -0.0223. The van der Waals surface area contributed by atoms with Crippen LogP contribution in [0.1, 0.15) is 35.4 Å². The molecule has 8 heteroatoms. The van der Waals surface area contributed by atoms with E-state index in [0.717, 1.165) is 11.1 Å². The van der Waals surface area contributed by atoms with Gasteiger partial charge in [-0.2, -0.15) is 5.10 Å². The van der Waals surface area contributed by atoms with Gasteiger partial charge in [-0.3, -0.25) is 0 Å². The van der Waals surface area contributed by atoms with Crippen LogP contribution in [-0.4, -0.2) is 37.2 Å². The molecule has 0 spiro atoms. The highest BCUT2D eigenvalue weighted by Gasteiger charge is 2.43. The van der Waals surface area contributed by atoms with Gasteiger partial charge in [0.15, 0.2) is 23.0 Å². The SMILES string of the molecule is COc1cccc([C@H]2Oc3c(OC)cccc3[C@@H]3CC(c4cc(Cl)ccc4O)=NN23)c1OC. The molecule has 170 valence electrons. The minimum absolute atomic E-state index is 0.125. The zero-order chi connectivity index (χ0) is 23.1. The topological polar surface area (TPSA) is 72.8 Å². The highest BCUT2D eigenvalue weighted by atomic mass is 35.5. The molecule has 3 aromatic carbocycles. The number of para-hydroxylation sites is 2. The number of halogens is 1. The number of rotatable bonds is 5. The Kier molecular flexibility index (Phi) is 5.42. The summed E-state index contributed by atoms with van der Waals surface area (Å²) in [5, 5.41) is 17.8. The number of phenolic OH excluding ortho intramolecular Hbond substituents is 1. The number of hydrogen-bond donors (Lipinski definition) is 1. The molecule has 5 rings (SSSR count). The molecule has 0 amide bonds. The first-order valence-electron chi connectivity index (χ1n) is 10.4. The molecule has 3 aromatic rings. The standard InChI is InChI=1S/C25H23ClN2O5/c1-30-21-8-5-7-16(23(21)32-3)25-28-19(15-6-4-9-22(31-2)24(15)33-25)13-18(27-28)17-12-14(26)10-11-20(17)29/h4-12,19,25,29H,13H2,1-3H3/t19-,25+/m0/s1. The smallest absolute Gasteiger partial charge is 0.217 e. The van der Waals surface area contributed by atoms with E-state index in [1.165, 1.54) is 0 Å². The van der Waals surface area contributed by atoms with Crippen molar-refractivity contribution in [3.63, 3.8) is 0 Å². The third kappa shape index (κ3) is 3.49. The van der Waals surface area contributed by atoms with Gasteiger partial charge in [0, 0.05) is 22.6 Å². The number of benzene rings is 3. The molecule has 7 nitrogen and oxygen atoms in total. The van der Waals surface area contributed by atoms with Crippen LogP contribution in [0.25, 0.3) is 0 Å². The van der Waals surface area contributed by atoms with Gasteiger partial charge in [-0.15, -0.1) is 0 Å². The number of ether oxygens (including phenoxy) is 4. The van der Waals surface area contributed by atoms with E-state index < -0.39 is 6.23 Å². The third-order valence-corrected chi connectivity index (χ3v) is 6.20. The van der Waals surface area contributed by atoms with Crippen molar-refractivity contribution in [2.24, 2.45) is 5.10 Å². The van der Waals surface area contributed by atoms with E-state index in [4.69, 9.17) is 35.6 Å². The van der Waals surface area contributed by atoms with Gasteiger partial charge in [-0.25, -0.2) is 5.01 Å². The van der Waals surface area contributed by atoms with Gasteiger partial charge in [0.25, 0.3) is 0 Å². The van der Waals surface area contributed by atoms with Crippen molar-refractivity contribution in [2.75, 3.05) is 21.3 Å². The van der Waals surface area contributed by atoms with E-state index in [9.17, 15) is 5.11 Å². The molecule has 2 heterocycles. The maximum absolute atomic E-state index is 10.5. The van der Waals surface area contributed by atoms with Gasteiger partial charge in [0.2, 0.25) is 6.23 Å². The average molecular weight is 467 g/mol. The Balaban J connectivity index is 1.68. The lowest BCUT2D eigenvalue weighted by Gasteiger charge is -2.39. The molecule has 0 saturated heterocycles. The van der Waals surface area contributed by atoms with Crippen LogP contribution in [0.5, 0.6) is 28.7 Å². The number of nitrogens with zero attached hydrogens (tertiary/aromatic N) is 2. The summed E-state index contributed by atoms with van der Waals surface area (Å²) in [5.74, 6) is 2.58. The Labute approximate surface area is 196 Å². The number of phenols is 1. The highest BCUT2D eigenvalue weighted by Crippen LogP contribution is 2.52. The molecule has 0 radical (unpaired) electrons. The van der Waals surface area contributed by atoms with Gasteiger partial charge in [0.05, 0.1) is 38.6 Å². The molecule has 0 aliphatic carbocycles. The molecular formula is C25H23ClN2O5. The van der Waals surface area contributed by atoms with Crippen LogP contribution in [0.4, 0.5) is 0 Å². The molecular weight excluding hydrogens is 444 g/mol. The van der Waals surface area contributed by atoms with Crippen molar-refractivity contribution < 1.29 is 24.1 Å². The zero-order valence-electron chi connectivity index (χ0n) is 18.4. The second-order valence-electron chi connectivity index (χ2n) is 7.74. The maximum atomic E-state index is 10.5. The summed E-state index contributed by atoms with van der Waals surface area (Å²) in [6.45, 7) is 0. The van der Waals surface area contributed by atoms with Crippen LogP contribution < -0.4 is 18.9 Å². The van der Waals surface area contributed by atoms with Crippen LogP contribution in [0.2, 0.25) is 5.02 Å². The highest BCUT2D eigenvalue weighted by molar-refractivity contribution is 6.31. The normalized spacial score (nSPS) is 18.7. The van der Waals surface area contributed by atoms with E-state index in [1.807, 2.05) is 41.4 Å². The van der Waals surface area contributed by atoms with E-state index in [1.54, 1.807) is 39.5 Å². The van der Waals surface area contributed by atoms with Crippen LogP contribution in [0.3, 0.4) is 0 Å². The van der Waals surface area contributed by atoms with Crippen molar-refractivity contribution in [2.45, 2.75) is 18.7 Å². The van der Waals surface area contributed by atoms with Gasteiger partial charge in [-0.1, -0.05) is 29.8 Å². The van der Waals surface area contributed by atoms with E-state index in [0.29, 0.717) is 45.7 Å². The van der Waals surface area contributed by atoms with Crippen molar-refractivity contribution >= 4 is 17.3 Å². The summed E-state index contributed by atoms with van der Waals surface area (Å²) in [4.78, 5) is 0. The number of methoxy groups -OCH3 is 3. The van der Waals surface area contributed by atoms with Crippen molar-refractivity contribution in [3.8, 4) is 28.7 Å². The van der Waals surface area contributed by atoms with Gasteiger partial charge in [0.1, 0.15) is 5.75 Å². The van der Waals surface area contributed by atoms with Gasteiger partial charge >= 0.3 is 0 Å². The van der Waals surface area contributed by atoms with E-state index in [-0.39, 0.29) is 11.8 Å². The molecule has 0 aromatic heterocycles. The van der Waals surface area contributed by atoms with Crippen LogP contribution in [0.15, 0.2) is 59.7 Å². The Morgan fingerprint density at radius 2 is 1.70 bits per heavy atom. The maximum Gasteiger partial charge on any atom is 0.217 e. The summed E-state index contributed by atoms with van der Waals surface area (Å²) in [5.41, 5.74) is 3.02. The van der Waals surface area contributed by atoms with E-state index in [2.05, 4.69) is 0 Å². The summed E-state index contributed by atoms with van der Waals surface area (Å²) in [6.07, 6.45) is -0.0529. The van der Waals surface area contributed by atoms with Crippen LogP contribution >= 0.6 is 11.6 Å². The summed E-state index contributed by atoms with van der Waals surface area (Å²) in [6, 6.07) is 16.3. The molecule has 0 bridgehead atoms. The Hall–Kier alpha value is -3.58. The first kappa shape index (κ1) is 21.3. The minimum atomic E-state index is -0.609. The fourth-order valence-corrected chi connectivity index (χ4v) is 4.63. The summed E-state index contributed by atoms with van der Waals surface area (Å²) in [7, 11) is 4.81. The summed E-state index contributed by atoms with van der Waals surface area (Å²) >= 11 is 6.21. The average Bonchev–Trinajstić information content (AvgIpc) is 3.29. The Morgan fingerprint density at radius 1 is 0.970 bits per heavy atom. The molecule has 0 saturated carbocycles. The van der Waals surface area contributed by atoms with Crippen LogP contribution in [-0.2, 0) is 0 Å². The predicted octanol–water partition coefficient (Wildman–Crippen LogP) is 5.31. The fourth-order valence-electron chi connectivity index (χ4n) is 4.46. The molecule has 0 unspecified atom stereocenters. The lowest BCUT2D eigenvalue weighted by Crippen LogP contribution is -2.34. The summed E-state index contributed by atoms with van der Waals surface area (Å²) < 4.78 is 23.3. The largest absolute Gasteiger partial charge is 0.507 e. The number of fused-ring (bicyclic) bond motifs is 3. The minimum Gasteiger partial charge on any atom is -0.507 e. The quantitative estimate of drug-likeness (QED) is 0.549. The Bertz CT molecular complexity index is 1250. The second-order valence-corrected chi connectivity index (χ2v) is 8.18. The number of aromatic hydroxyl groups is 1. The zero-order valence-corrected chi connectivity index (χ0v) is 19.2.